The Hall–Kier alpha value is -5.05. The molecular weight excluding hydrogens is 617 g/mol. The lowest BCUT2D eigenvalue weighted by molar-refractivity contribution is -0.134. The molecule has 232 valence electrons. The zero-order chi connectivity index (χ0) is 32.8. The third-order valence-corrected chi connectivity index (χ3v) is 6.55. The van der Waals surface area contributed by atoms with Crippen molar-refractivity contribution in [3.63, 3.8) is 0 Å². The first-order valence-corrected chi connectivity index (χ1v) is 14.1. The number of nitrogens with zero attached hydrogens (tertiary/aromatic N) is 1. The minimum absolute atomic E-state index is 0.0382. The van der Waals surface area contributed by atoms with Gasteiger partial charge in [-0.3, -0.25) is 0 Å². The lowest BCUT2D eigenvalue weighted by atomic mass is 9.99. The average molecular weight is 649 g/mol. The number of esters is 1. The van der Waals surface area contributed by atoms with Crippen LogP contribution >= 0.6 is 23.2 Å². The Labute approximate surface area is 271 Å². The van der Waals surface area contributed by atoms with Gasteiger partial charge < -0.3 is 24.1 Å². The fourth-order valence-corrected chi connectivity index (χ4v) is 4.51. The summed E-state index contributed by atoms with van der Waals surface area (Å²) < 4.78 is 20.5. The normalized spacial score (nSPS) is 11.6. The van der Waals surface area contributed by atoms with Gasteiger partial charge in [-0.05, 0) is 53.9 Å². The predicted molar refractivity (Wildman–Crippen MR) is 177 cm³/mol. The summed E-state index contributed by atoms with van der Waals surface area (Å²) in [6, 6.07) is 25.5. The lowest BCUT2D eigenvalue weighted by Gasteiger charge is -2.12. The Morgan fingerprint density at radius 1 is 0.800 bits per heavy atom. The van der Waals surface area contributed by atoms with Crippen LogP contribution in [-0.4, -0.2) is 43.4 Å². The molecule has 4 aromatic rings. The largest absolute Gasteiger partial charge is 0.503 e. The van der Waals surface area contributed by atoms with Crippen LogP contribution in [0.4, 0.5) is 0 Å². The molecule has 0 radical (unpaired) electrons. The number of hydrogen-bond acceptors (Lipinski definition) is 7. The van der Waals surface area contributed by atoms with Crippen molar-refractivity contribution in [3.05, 3.63) is 135 Å². The predicted octanol–water partition coefficient (Wildman–Crippen LogP) is 8.66. The summed E-state index contributed by atoms with van der Waals surface area (Å²) in [5, 5.41) is 10.2. The van der Waals surface area contributed by atoms with E-state index in [2.05, 4.69) is 4.98 Å². The molecule has 0 aliphatic carbocycles. The summed E-state index contributed by atoms with van der Waals surface area (Å²) in [6.07, 6.45) is 6.87. The average Bonchev–Trinajstić information content (AvgIpc) is 3.03. The van der Waals surface area contributed by atoms with Crippen LogP contribution in [0.3, 0.4) is 0 Å². The third-order valence-electron chi connectivity index (χ3n) is 6.11. The number of allylic oxidation sites excluding steroid dienone is 1. The number of rotatable bonds is 10. The van der Waals surface area contributed by atoms with Crippen LogP contribution in [0, 0.1) is 0 Å². The molecule has 0 spiro atoms. The van der Waals surface area contributed by atoms with Crippen LogP contribution in [0.15, 0.2) is 103 Å². The fraction of sp³-hybridized carbons (Fsp3) is 0.114. The number of carbonyl (C=O) groups is 2. The molecule has 3 aromatic carbocycles. The second kappa shape index (κ2) is 17.3. The van der Waals surface area contributed by atoms with Crippen LogP contribution in [0.5, 0.6) is 11.6 Å². The Bertz CT molecular complexity index is 1700. The molecule has 0 aliphatic heterocycles. The van der Waals surface area contributed by atoms with E-state index in [9.17, 15) is 14.7 Å². The summed E-state index contributed by atoms with van der Waals surface area (Å²) in [5.74, 6) is -0.880. The zero-order valence-corrected chi connectivity index (χ0v) is 26.5. The first-order valence-electron chi connectivity index (χ1n) is 13.4. The smallest absolute Gasteiger partial charge is 0.341 e. The van der Waals surface area contributed by atoms with E-state index in [1.54, 1.807) is 37.3 Å². The molecule has 10 heteroatoms. The highest BCUT2D eigenvalue weighted by molar-refractivity contribution is 6.34. The number of benzene rings is 3. The highest BCUT2D eigenvalue weighted by Crippen LogP contribution is 2.33. The number of aromatic nitrogens is 1. The van der Waals surface area contributed by atoms with Gasteiger partial charge in [-0.15, -0.1) is 0 Å². The molecule has 0 unspecified atom stereocenters. The number of aliphatic carboxylic acids is 1. The number of ether oxygens (including phenoxy) is 4. The molecule has 1 aromatic heterocycles. The maximum absolute atomic E-state index is 11.9. The molecule has 45 heavy (non-hydrogen) atoms. The fourth-order valence-electron chi connectivity index (χ4n) is 4.01. The maximum Gasteiger partial charge on any atom is 0.341 e. The monoisotopic (exact) mass is 647 g/mol. The lowest BCUT2D eigenvalue weighted by Crippen LogP contribution is -2.06. The number of carboxylic acids is 1. The van der Waals surface area contributed by atoms with Crippen molar-refractivity contribution in [2.75, 3.05) is 21.3 Å². The van der Waals surface area contributed by atoms with Crippen LogP contribution in [-0.2, 0) is 23.8 Å². The van der Waals surface area contributed by atoms with Crippen molar-refractivity contribution in [1.29, 1.82) is 0 Å². The molecule has 0 saturated carbocycles. The molecule has 0 saturated heterocycles. The van der Waals surface area contributed by atoms with Gasteiger partial charge in [-0.1, -0.05) is 90.0 Å². The van der Waals surface area contributed by atoms with Crippen LogP contribution in [0.25, 0.3) is 23.3 Å². The molecule has 0 aliphatic rings. The van der Waals surface area contributed by atoms with Crippen LogP contribution in [0.2, 0.25) is 10.0 Å². The first kappa shape index (κ1) is 34.4. The van der Waals surface area contributed by atoms with Crippen molar-refractivity contribution in [2.45, 2.75) is 6.92 Å². The van der Waals surface area contributed by atoms with E-state index in [4.69, 9.17) is 42.1 Å². The van der Waals surface area contributed by atoms with Gasteiger partial charge >= 0.3 is 11.9 Å². The molecule has 4 rings (SSSR count). The maximum atomic E-state index is 11.9. The Balaban J connectivity index is 0.000000246. The summed E-state index contributed by atoms with van der Waals surface area (Å²) in [4.78, 5) is 27.6. The Morgan fingerprint density at radius 3 is 2.07 bits per heavy atom. The number of carbonyl (C=O) groups excluding carboxylic acids is 1. The van der Waals surface area contributed by atoms with Gasteiger partial charge in [0.2, 0.25) is 5.88 Å². The van der Waals surface area contributed by atoms with Gasteiger partial charge in [-0.2, -0.15) is 0 Å². The summed E-state index contributed by atoms with van der Waals surface area (Å²) >= 11 is 11.9. The highest BCUT2D eigenvalue weighted by atomic mass is 35.5. The number of pyridine rings is 1. The van der Waals surface area contributed by atoms with E-state index in [-0.39, 0.29) is 22.8 Å². The second-order valence-corrected chi connectivity index (χ2v) is 9.97. The molecule has 0 atom stereocenters. The molecule has 1 heterocycles. The molecule has 8 nitrogen and oxygen atoms in total. The number of carboxylic acid groups (broad SMARTS) is 1. The summed E-state index contributed by atoms with van der Waals surface area (Å²) in [5.41, 5.74) is 3.41. The van der Waals surface area contributed by atoms with Crippen molar-refractivity contribution in [3.8, 4) is 11.6 Å². The third kappa shape index (κ3) is 9.99. The van der Waals surface area contributed by atoms with E-state index in [0.29, 0.717) is 21.4 Å². The van der Waals surface area contributed by atoms with Gasteiger partial charge in [0.1, 0.15) is 22.7 Å². The van der Waals surface area contributed by atoms with Crippen LogP contribution in [0.1, 0.15) is 29.2 Å². The van der Waals surface area contributed by atoms with Gasteiger partial charge in [0.15, 0.2) is 0 Å². The first-order chi connectivity index (χ1) is 21.7. The quantitative estimate of drug-likeness (QED) is 0.0789. The molecule has 1 N–H and O–H groups in total. The Kier molecular flexibility index (Phi) is 13.2. The van der Waals surface area contributed by atoms with Crippen molar-refractivity contribution in [1.82, 2.24) is 4.98 Å². The van der Waals surface area contributed by atoms with E-state index in [1.807, 2.05) is 66.7 Å². The molecule has 0 bridgehead atoms. The number of halogens is 2. The second-order valence-electron chi connectivity index (χ2n) is 9.09. The van der Waals surface area contributed by atoms with Crippen molar-refractivity contribution >= 4 is 58.4 Å². The minimum Gasteiger partial charge on any atom is -0.503 e. The minimum atomic E-state index is -1.15. The highest BCUT2D eigenvalue weighted by Gasteiger charge is 2.21. The zero-order valence-electron chi connectivity index (χ0n) is 25.0. The van der Waals surface area contributed by atoms with E-state index in [1.165, 1.54) is 33.8 Å². The van der Waals surface area contributed by atoms with Gasteiger partial charge in [-0.25, -0.2) is 14.6 Å². The molecule has 0 fully saturated rings. The van der Waals surface area contributed by atoms with Gasteiger partial charge in [0, 0.05) is 16.2 Å². The van der Waals surface area contributed by atoms with E-state index in [0.717, 1.165) is 16.7 Å². The Morgan fingerprint density at radius 2 is 1.44 bits per heavy atom. The van der Waals surface area contributed by atoms with Crippen LogP contribution < -0.4 is 4.74 Å². The number of methoxy groups -OCH3 is 3. The molecule has 0 amide bonds. The van der Waals surface area contributed by atoms with E-state index >= 15 is 0 Å². The topological polar surface area (TPSA) is 104 Å². The van der Waals surface area contributed by atoms with E-state index < -0.39 is 11.9 Å². The van der Waals surface area contributed by atoms with Crippen molar-refractivity contribution in [2.24, 2.45) is 0 Å². The number of hydrogen-bond donors (Lipinski definition) is 1. The van der Waals surface area contributed by atoms with Gasteiger partial charge in [0.05, 0.1) is 33.2 Å². The SMILES string of the molecule is CO/C=C(/C(=O)OC)c1ccccc1/C=C/c1ccccc1.COC(C)=C(C(=O)O)c1cccnc1Oc1cc(Cl)cc(Cl)c1. The van der Waals surface area contributed by atoms with Crippen molar-refractivity contribution < 1.29 is 33.6 Å². The van der Waals surface area contributed by atoms with Gasteiger partial charge in [0.25, 0.3) is 0 Å². The standard InChI is InChI=1S/C19H18O3.C16H13Cl2NO4/c1-21-14-18(19(20)22-2)17-11-7-6-10-16(17)13-12-15-8-4-3-5-9-15;1-9(22-2)14(16(20)21)13-4-3-5-19-15(13)23-12-7-10(17)6-11(18)8-12/h3-14H,1-2H3;3-8H,1-2H3,(H,20,21)/b13-12+,18-14+;. The summed E-state index contributed by atoms with van der Waals surface area (Å²) in [6.45, 7) is 1.55. The molecular formula is C35H31Cl2NO7. The summed E-state index contributed by atoms with van der Waals surface area (Å²) in [7, 11) is 4.26.